The smallest absolute Gasteiger partial charge is 0.200 e. The first kappa shape index (κ1) is 11.1. The summed E-state index contributed by atoms with van der Waals surface area (Å²) < 4.78 is 6.61. The third-order valence-corrected chi connectivity index (χ3v) is 3.65. The normalized spacial score (nSPS) is 14.6. The molecule has 0 fully saturated rings. The van der Waals surface area contributed by atoms with Crippen LogP contribution in [0.3, 0.4) is 0 Å². The zero-order valence-corrected chi connectivity index (χ0v) is 11.1. The summed E-state index contributed by atoms with van der Waals surface area (Å²) in [5.74, 6) is 0.731. The van der Waals surface area contributed by atoms with E-state index in [1.165, 1.54) is 0 Å². The maximum atomic E-state index is 12.3. The number of hydrogen-bond donors (Lipinski definition) is 0. The zero-order valence-electron chi connectivity index (χ0n) is 8.80. The number of halogens is 2. The molecular formula is C13H8BrClO2. The highest BCUT2D eigenvalue weighted by Gasteiger charge is 2.17. The topological polar surface area (TPSA) is 30.2 Å². The van der Waals surface area contributed by atoms with Gasteiger partial charge in [-0.1, -0.05) is 27.5 Å². The Hall–Kier alpha value is -1.06. The predicted octanol–water partition coefficient (Wildman–Crippen LogP) is 4.08. The molecule has 1 aliphatic rings. The van der Waals surface area contributed by atoms with Crippen LogP contribution < -0.4 is 5.43 Å². The molecule has 1 aromatic carbocycles. The number of rotatable bonds is 0. The first-order valence-electron chi connectivity index (χ1n) is 5.26. The van der Waals surface area contributed by atoms with Gasteiger partial charge in [0.1, 0.15) is 11.3 Å². The molecule has 3 rings (SSSR count). The molecular weight excluding hydrogens is 303 g/mol. The standard InChI is InChI=1S/C13H8BrClO2/c14-7-1-3-11-9(5-7)13(16)10-6-8(15)2-4-12(10)17-11/h1,3,5-6H,2,4H2. The van der Waals surface area contributed by atoms with Crippen molar-refractivity contribution in [2.24, 2.45) is 0 Å². The number of hydrogen-bond acceptors (Lipinski definition) is 2. The van der Waals surface area contributed by atoms with Crippen molar-refractivity contribution in [1.29, 1.82) is 0 Å². The van der Waals surface area contributed by atoms with Crippen LogP contribution in [0.5, 0.6) is 0 Å². The van der Waals surface area contributed by atoms with Gasteiger partial charge in [0, 0.05) is 15.9 Å². The van der Waals surface area contributed by atoms with Crippen LogP contribution >= 0.6 is 27.5 Å². The van der Waals surface area contributed by atoms with Crippen molar-refractivity contribution in [2.75, 3.05) is 0 Å². The first-order valence-corrected chi connectivity index (χ1v) is 6.43. The van der Waals surface area contributed by atoms with E-state index in [4.69, 9.17) is 16.0 Å². The fraction of sp³-hybridized carbons (Fsp3) is 0.154. The average Bonchev–Trinajstić information content (AvgIpc) is 2.32. The molecule has 0 N–H and O–H groups in total. The minimum Gasteiger partial charge on any atom is -0.460 e. The molecule has 0 bridgehead atoms. The van der Waals surface area contributed by atoms with Gasteiger partial charge in [-0.25, -0.2) is 0 Å². The van der Waals surface area contributed by atoms with E-state index in [0.29, 0.717) is 28.0 Å². The summed E-state index contributed by atoms with van der Waals surface area (Å²) in [4.78, 5) is 12.3. The number of benzene rings is 1. The summed E-state index contributed by atoms with van der Waals surface area (Å²) in [6.07, 6.45) is 3.14. The summed E-state index contributed by atoms with van der Waals surface area (Å²) >= 11 is 9.32. The third kappa shape index (κ3) is 1.83. The third-order valence-electron chi connectivity index (χ3n) is 2.86. The molecule has 1 aromatic heterocycles. The minimum absolute atomic E-state index is 0.0135. The van der Waals surface area contributed by atoms with Crippen molar-refractivity contribution in [1.82, 2.24) is 0 Å². The van der Waals surface area contributed by atoms with E-state index < -0.39 is 0 Å². The molecule has 0 saturated carbocycles. The van der Waals surface area contributed by atoms with E-state index in [1.807, 2.05) is 6.07 Å². The van der Waals surface area contributed by atoms with Gasteiger partial charge in [-0.05, 0) is 30.7 Å². The van der Waals surface area contributed by atoms with Crippen LogP contribution in [0.25, 0.3) is 17.0 Å². The van der Waals surface area contributed by atoms with E-state index in [-0.39, 0.29) is 5.43 Å². The van der Waals surface area contributed by atoms with Crippen LogP contribution in [0.15, 0.2) is 36.9 Å². The van der Waals surface area contributed by atoms with Crippen LogP contribution in [0.1, 0.15) is 17.7 Å². The van der Waals surface area contributed by atoms with Gasteiger partial charge in [-0.3, -0.25) is 4.79 Å². The summed E-state index contributed by atoms with van der Waals surface area (Å²) in [6, 6.07) is 5.45. The fourth-order valence-corrected chi connectivity index (χ4v) is 2.59. The maximum absolute atomic E-state index is 12.3. The van der Waals surface area contributed by atoms with Crippen molar-refractivity contribution in [3.63, 3.8) is 0 Å². The predicted molar refractivity (Wildman–Crippen MR) is 72.3 cm³/mol. The second-order valence-electron chi connectivity index (χ2n) is 4.00. The molecule has 0 aliphatic heterocycles. The van der Waals surface area contributed by atoms with Crippen LogP contribution in [0.2, 0.25) is 0 Å². The van der Waals surface area contributed by atoms with Gasteiger partial charge in [0.05, 0.1) is 10.9 Å². The number of allylic oxidation sites excluding steroid dienone is 1. The Morgan fingerprint density at radius 3 is 2.94 bits per heavy atom. The molecule has 0 amide bonds. The summed E-state index contributed by atoms with van der Waals surface area (Å²) in [6.45, 7) is 0. The van der Waals surface area contributed by atoms with Gasteiger partial charge in [-0.15, -0.1) is 0 Å². The minimum atomic E-state index is -0.0135. The van der Waals surface area contributed by atoms with Gasteiger partial charge in [0.2, 0.25) is 0 Å². The van der Waals surface area contributed by atoms with Crippen LogP contribution in [-0.4, -0.2) is 0 Å². The summed E-state index contributed by atoms with van der Waals surface area (Å²) in [5, 5.41) is 1.29. The van der Waals surface area contributed by atoms with Gasteiger partial charge >= 0.3 is 0 Å². The zero-order chi connectivity index (χ0) is 12.0. The Balaban J connectivity index is 2.42. The van der Waals surface area contributed by atoms with E-state index in [2.05, 4.69) is 15.9 Å². The number of fused-ring (bicyclic) bond motifs is 2. The second-order valence-corrected chi connectivity index (χ2v) is 5.40. The lowest BCUT2D eigenvalue weighted by Crippen LogP contribution is -2.12. The summed E-state index contributed by atoms with van der Waals surface area (Å²) in [7, 11) is 0. The lowest BCUT2D eigenvalue weighted by atomic mass is 10.0. The maximum Gasteiger partial charge on any atom is 0.200 e. The van der Waals surface area contributed by atoms with Crippen molar-refractivity contribution >= 4 is 44.6 Å². The van der Waals surface area contributed by atoms with Crippen LogP contribution in [-0.2, 0) is 6.42 Å². The van der Waals surface area contributed by atoms with E-state index in [0.717, 1.165) is 16.7 Å². The first-order chi connectivity index (χ1) is 8.15. The van der Waals surface area contributed by atoms with E-state index in [9.17, 15) is 4.79 Å². The molecule has 0 radical (unpaired) electrons. The molecule has 0 saturated heterocycles. The van der Waals surface area contributed by atoms with Crippen molar-refractivity contribution < 1.29 is 4.42 Å². The lowest BCUT2D eigenvalue weighted by Gasteiger charge is -2.12. The largest absolute Gasteiger partial charge is 0.460 e. The molecule has 2 aromatic rings. The van der Waals surface area contributed by atoms with Crippen molar-refractivity contribution in [3.05, 3.63) is 49.3 Å². The molecule has 1 aliphatic carbocycles. The van der Waals surface area contributed by atoms with Crippen molar-refractivity contribution in [3.8, 4) is 0 Å². The SMILES string of the molecule is O=c1c2c(oc3ccc(Br)cc13)CCC(Cl)=C2. The highest BCUT2D eigenvalue weighted by molar-refractivity contribution is 9.10. The Morgan fingerprint density at radius 1 is 1.29 bits per heavy atom. The molecule has 0 spiro atoms. The van der Waals surface area contributed by atoms with Crippen LogP contribution in [0.4, 0.5) is 0 Å². The Labute approximate surface area is 111 Å². The molecule has 4 heteroatoms. The molecule has 86 valence electrons. The van der Waals surface area contributed by atoms with Gasteiger partial charge < -0.3 is 4.42 Å². The molecule has 1 heterocycles. The van der Waals surface area contributed by atoms with E-state index in [1.54, 1.807) is 18.2 Å². The van der Waals surface area contributed by atoms with Gasteiger partial charge in [-0.2, -0.15) is 0 Å². The molecule has 0 unspecified atom stereocenters. The molecule has 2 nitrogen and oxygen atoms in total. The van der Waals surface area contributed by atoms with Gasteiger partial charge in [0.15, 0.2) is 5.43 Å². The Bertz CT molecular complexity index is 700. The van der Waals surface area contributed by atoms with Gasteiger partial charge in [0.25, 0.3) is 0 Å². The highest BCUT2D eigenvalue weighted by Crippen LogP contribution is 2.27. The number of aryl methyl sites for hydroxylation is 1. The second kappa shape index (κ2) is 4.00. The monoisotopic (exact) mass is 310 g/mol. The lowest BCUT2D eigenvalue weighted by molar-refractivity contribution is 0.530. The Kier molecular flexibility index (Phi) is 2.60. The van der Waals surface area contributed by atoms with E-state index >= 15 is 0 Å². The van der Waals surface area contributed by atoms with Crippen LogP contribution in [0, 0.1) is 0 Å². The highest BCUT2D eigenvalue weighted by atomic mass is 79.9. The Morgan fingerprint density at radius 2 is 2.12 bits per heavy atom. The fourth-order valence-electron chi connectivity index (χ4n) is 2.02. The summed E-state index contributed by atoms with van der Waals surface area (Å²) in [5.41, 5.74) is 1.20. The molecule has 17 heavy (non-hydrogen) atoms. The average molecular weight is 312 g/mol. The quantitative estimate of drug-likeness (QED) is 0.734. The molecule has 0 atom stereocenters. The van der Waals surface area contributed by atoms with Crippen molar-refractivity contribution in [2.45, 2.75) is 12.8 Å².